The van der Waals surface area contributed by atoms with Crippen LogP contribution in [0.1, 0.15) is 62.1 Å². The van der Waals surface area contributed by atoms with Crippen molar-refractivity contribution in [1.29, 1.82) is 0 Å². The van der Waals surface area contributed by atoms with E-state index in [4.69, 9.17) is 0 Å². The van der Waals surface area contributed by atoms with Gasteiger partial charge in [-0.15, -0.1) is 0 Å². The van der Waals surface area contributed by atoms with Crippen LogP contribution in [0.2, 0.25) is 0 Å². The fraction of sp³-hybridized carbons (Fsp3) is 0.750. The van der Waals surface area contributed by atoms with Gasteiger partial charge in [0.2, 0.25) is 0 Å². The van der Waals surface area contributed by atoms with Gasteiger partial charge in [-0.25, -0.2) is 26.1 Å². The van der Waals surface area contributed by atoms with Crippen molar-refractivity contribution in [3.63, 3.8) is 0 Å². The normalized spacial score (nSPS) is 31.5. The van der Waals surface area contributed by atoms with Crippen LogP contribution in [0.4, 0.5) is 13.2 Å². The second kappa shape index (κ2) is 10.9. The standard InChI is InChI=1S/C28H42F3N9O/c1-36-17-33-35-26(36)25(19-4-2-5-19)20-6-3-7-21(11-20)38-14-23-22(28(29,30)31)10-18(13-39(23)27(38)41)12-37-8-9-40-24(15-37)32-16-34-40/h10,13-14,19-21,24-26,32-35H,2-9,11-12,15-17H2,1H3/t20?,21?,24?,25-,26?/m1/s1. The fourth-order valence-electron chi connectivity index (χ4n) is 8.11. The molecule has 0 amide bonds. The van der Waals surface area contributed by atoms with Crippen molar-refractivity contribution in [2.24, 2.45) is 17.8 Å². The summed E-state index contributed by atoms with van der Waals surface area (Å²) in [5.41, 5.74) is 9.41. The minimum Gasteiger partial charge on any atom is -0.295 e. The van der Waals surface area contributed by atoms with Crippen LogP contribution in [-0.4, -0.2) is 76.1 Å². The Morgan fingerprint density at radius 2 is 1.88 bits per heavy atom. The molecule has 0 spiro atoms. The van der Waals surface area contributed by atoms with Crippen molar-refractivity contribution in [3.8, 4) is 0 Å². The minimum absolute atomic E-state index is 0.0446. The predicted octanol–water partition coefficient (Wildman–Crippen LogP) is 2.10. The van der Waals surface area contributed by atoms with Crippen molar-refractivity contribution < 1.29 is 13.2 Å². The van der Waals surface area contributed by atoms with Crippen LogP contribution in [0, 0.1) is 17.8 Å². The van der Waals surface area contributed by atoms with Gasteiger partial charge < -0.3 is 0 Å². The summed E-state index contributed by atoms with van der Waals surface area (Å²) in [7, 11) is 2.13. The van der Waals surface area contributed by atoms with Crippen LogP contribution in [0.3, 0.4) is 0 Å². The topological polar surface area (TPSA) is 84.2 Å². The highest BCUT2D eigenvalue weighted by molar-refractivity contribution is 5.56. The Kier molecular flexibility index (Phi) is 7.41. The second-order valence-corrected chi connectivity index (χ2v) is 12.8. The highest BCUT2D eigenvalue weighted by Gasteiger charge is 2.44. The predicted molar refractivity (Wildman–Crippen MR) is 148 cm³/mol. The number of nitrogens with one attached hydrogen (secondary N) is 4. The molecule has 10 nitrogen and oxygen atoms in total. The van der Waals surface area contributed by atoms with Crippen molar-refractivity contribution in [2.45, 2.75) is 76.0 Å². The molecule has 5 atom stereocenters. The van der Waals surface area contributed by atoms with Gasteiger partial charge in [-0.3, -0.25) is 24.1 Å². The number of alkyl halides is 3. The summed E-state index contributed by atoms with van der Waals surface area (Å²) in [5, 5.41) is 5.49. The lowest BCUT2D eigenvalue weighted by molar-refractivity contribution is -0.136. The molecular formula is C28H42F3N9O. The Bertz CT molecular complexity index is 1310. The van der Waals surface area contributed by atoms with Gasteiger partial charge in [0.1, 0.15) is 0 Å². The quantitative estimate of drug-likeness (QED) is 0.416. The van der Waals surface area contributed by atoms with Crippen LogP contribution < -0.4 is 27.3 Å². The number of hydrogen-bond donors (Lipinski definition) is 4. The molecule has 226 valence electrons. The zero-order chi connectivity index (χ0) is 28.3. The van der Waals surface area contributed by atoms with Gasteiger partial charge in [0.05, 0.1) is 36.7 Å². The van der Waals surface area contributed by atoms with E-state index < -0.39 is 11.7 Å². The summed E-state index contributed by atoms with van der Waals surface area (Å²) in [6, 6.07) is 1.15. The van der Waals surface area contributed by atoms with Crippen LogP contribution in [-0.2, 0) is 12.7 Å². The number of nitrogens with zero attached hydrogens (tertiary/aromatic N) is 5. The van der Waals surface area contributed by atoms with Gasteiger partial charge in [-0.05, 0) is 55.7 Å². The number of rotatable bonds is 6. The average Bonchev–Trinajstić information content (AvgIpc) is 3.64. The molecule has 2 aromatic rings. The molecular weight excluding hydrogens is 535 g/mol. The van der Waals surface area contributed by atoms with Crippen molar-refractivity contribution in [1.82, 2.24) is 45.4 Å². The van der Waals surface area contributed by atoms with Crippen LogP contribution in [0.15, 0.2) is 23.3 Å². The Morgan fingerprint density at radius 1 is 1.07 bits per heavy atom. The van der Waals surface area contributed by atoms with Gasteiger partial charge in [0.15, 0.2) is 0 Å². The van der Waals surface area contributed by atoms with E-state index in [1.54, 1.807) is 10.8 Å². The van der Waals surface area contributed by atoms with Crippen LogP contribution in [0.5, 0.6) is 0 Å². The molecule has 13 heteroatoms. The molecule has 5 aliphatic rings. The first kappa shape index (κ1) is 27.8. The first-order chi connectivity index (χ1) is 19.8. The van der Waals surface area contributed by atoms with E-state index >= 15 is 0 Å². The lowest BCUT2D eigenvalue weighted by Gasteiger charge is -2.46. The maximum atomic E-state index is 14.4. The molecule has 41 heavy (non-hydrogen) atoms. The Hall–Kier alpha value is -2.00. The summed E-state index contributed by atoms with van der Waals surface area (Å²) in [6.45, 7) is 4.09. The third-order valence-electron chi connectivity index (χ3n) is 10.4. The number of pyridine rings is 1. The first-order valence-corrected chi connectivity index (χ1v) is 15.2. The Balaban J connectivity index is 1.17. The highest BCUT2D eigenvalue weighted by Crippen LogP contribution is 2.47. The maximum absolute atomic E-state index is 14.4. The molecule has 3 aliphatic heterocycles. The first-order valence-electron chi connectivity index (χ1n) is 15.2. The highest BCUT2D eigenvalue weighted by atomic mass is 19.4. The number of hydrazine groups is 2. The lowest BCUT2D eigenvalue weighted by atomic mass is 9.65. The van der Waals surface area contributed by atoms with Crippen LogP contribution >= 0.6 is 0 Å². The molecule has 4 unspecified atom stereocenters. The van der Waals surface area contributed by atoms with E-state index in [1.165, 1.54) is 35.9 Å². The number of halogens is 3. The zero-order valence-electron chi connectivity index (χ0n) is 23.7. The van der Waals surface area contributed by atoms with Crippen LogP contribution in [0.25, 0.3) is 5.52 Å². The van der Waals surface area contributed by atoms with E-state index in [2.05, 4.69) is 43.5 Å². The smallest absolute Gasteiger partial charge is 0.295 e. The summed E-state index contributed by atoms with van der Waals surface area (Å²) in [5.74, 6) is 1.53. The number of aromatic nitrogens is 2. The molecule has 3 saturated heterocycles. The number of piperazine rings is 1. The SMILES string of the molecule is CN1CNNC1[C@H](C1CCC1)C1CCCC(n2cc3c(C(F)(F)F)cc(CN4CCN5NCNC5C4)cn3c2=O)C1. The Morgan fingerprint density at radius 3 is 2.61 bits per heavy atom. The Labute approximate surface area is 238 Å². The third-order valence-corrected chi connectivity index (χ3v) is 10.4. The van der Waals surface area contributed by atoms with E-state index in [-0.39, 0.29) is 29.6 Å². The van der Waals surface area contributed by atoms with E-state index in [0.29, 0.717) is 43.1 Å². The van der Waals surface area contributed by atoms with Gasteiger partial charge in [0, 0.05) is 44.6 Å². The molecule has 2 saturated carbocycles. The molecule has 4 N–H and O–H groups in total. The third kappa shape index (κ3) is 5.23. The molecule has 0 radical (unpaired) electrons. The summed E-state index contributed by atoms with van der Waals surface area (Å²) >= 11 is 0. The van der Waals surface area contributed by atoms with Crippen molar-refractivity contribution >= 4 is 5.52 Å². The molecule has 2 aromatic heterocycles. The van der Waals surface area contributed by atoms with Gasteiger partial charge in [0.25, 0.3) is 0 Å². The monoisotopic (exact) mass is 577 g/mol. The fourth-order valence-corrected chi connectivity index (χ4v) is 8.11. The molecule has 0 aromatic carbocycles. The van der Waals surface area contributed by atoms with Gasteiger partial charge in [-0.1, -0.05) is 25.7 Å². The summed E-state index contributed by atoms with van der Waals surface area (Å²) in [4.78, 5) is 18.3. The van der Waals surface area contributed by atoms with Gasteiger partial charge in [-0.2, -0.15) is 13.2 Å². The summed E-state index contributed by atoms with van der Waals surface area (Å²) in [6.07, 6.45) is 6.39. The largest absolute Gasteiger partial charge is 0.418 e. The molecule has 0 bridgehead atoms. The van der Waals surface area contributed by atoms with E-state index in [9.17, 15) is 18.0 Å². The molecule has 5 heterocycles. The zero-order valence-corrected chi connectivity index (χ0v) is 23.7. The lowest BCUT2D eigenvalue weighted by Crippen LogP contribution is -2.55. The molecule has 7 rings (SSSR count). The number of fused-ring (bicyclic) bond motifs is 2. The molecule has 5 fully saturated rings. The van der Waals surface area contributed by atoms with Crippen molar-refractivity contribution in [2.75, 3.05) is 40.0 Å². The number of imidazole rings is 1. The van der Waals surface area contributed by atoms with E-state index in [1.807, 2.05) is 0 Å². The number of hydrogen-bond acceptors (Lipinski definition) is 8. The minimum atomic E-state index is -4.55. The average molecular weight is 578 g/mol. The maximum Gasteiger partial charge on any atom is 0.418 e. The van der Waals surface area contributed by atoms with Crippen molar-refractivity contribution in [3.05, 3.63) is 40.1 Å². The van der Waals surface area contributed by atoms with Gasteiger partial charge >= 0.3 is 11.9 Å². The molecule has 2 aliphatic carbocycles. The van der Waals surface area contributed by atoms with E-state index in [0.717, 1.165) is 45.4 Å². The second-order valence-electron chi connectivity index (χ2n) is 12.8. The summed E-state index contributed by atoms with van der Waals surface area (Å²) < 4.78 is 46.0.